The molecule has 0 bridgehead atoms. The van der Waals surface area contributed by atoms with Crippen molar-refractivity contribution in [1.82, 2.24) is 19.7 Å². The second-order valence-electron chi connectivity index (χ2n) is 6.05. The van der Waals surface area contributed by atoms with Crippen LogP contribution < -0.4 is 10.3 Å². The predicted octanol–water partition coefficient (Wildman–Crippen LogP) is 2.64. The standard InChI is InChI=1S/C19H18N4O2/c1-2-25-18-20-12-14(13-21-18)16-8-9-17(24)23(22-16)19(10-11-19)15-6-4-3-5-7-15/h3-9,12-13H,2,10-11H2,1H3. The van der Waals surface area contributed by atoms with Crippen molar-refractivity contribution in [2.75, 3.05) is 6.61 Å². The topological polar surface area (TPSA) is 69.9 Å². The van der Waals surface area contributed by atoms with Gasteiger partial charge in [-0.05, 0) is 31.4 Å². The molecule has 4 rings (SSSR count). The molecule has 0 amide bonds. The van der Waals surface area contributed by atoms with Gasteiger partial charge in [-0.3, -0.25) is 4.79 Å². The number of nitrogens with zero attached hydrogens (tertiary/aromatic N) is 4. The molecule has 6 nitrogen and oxygen atoms in total. The number of hydrogen-bond acceptors (Lipinski definition) is 5. The monoisotopic (exact) mass is 334 g/mol. The van der Waals surface area contributed by atoms with E-state index < -0.39 is 0 Å². The summed E-state index contributed by atoms with van der Waals surface area (Å²) in [6.07, 6.45) is 5.15. The highest BCUT2D eigenvalue weighted by molar-refractivity contribution is 5.55. The molecule has 3 aromatic rings. The summed E-state index contributed by atoms with van der Waals surface area (Å²) in [5.74, 6) is 0. The lowest BCUT2D eigenvalue weighted by Gasteiger charge is -2.18. The minimum absolute atomic E-state index is 0.100. The van der Waals surface area contributed by atoms with Crippen LogP contribution >= 0.6 is 0 Å². The van der Waals surface area contributed by atoms with Gasteiger partial charge in [0.15, 0.2) is 0 Å². The first kappa shape index (κ1) is 15.5. The SMILES string of the molecule is CCOc1ncc(-c2ccc(=O)n(C3(c4ccccc4)CC3)n2)cn1. The largest absolute Gasteiger partial charge is 0.464 e. The van der Waals surface area contributed by atoms with E-state index in [9.17, 15) is 4.79 Å². The molecule has 0 saturated heterocycles. The van der Waals surface area contributed by atoms with Crippen molar-refractivity contribution in [1.29, 1.82) is 0 Å². The van der Waals surface area contributed by atoms with Crippen LogP contribution in [-0.2, 0) is 5.54 Å². The van der Waals surface area contributed by atoms with Crippen LogP contribution in [0.5, 0.6) is 6.01 Å². The lowest BCUT2D eigenvalue weighted by Crippen LogP contribution is -2.33. The Morgan fingerprint density at radius 1 is 1.08 bits per heavy atom. The Morgan fingerprint density at radius 2 is 1.80 bits per heavy atom. The Morgan fingerprint density at radius 3 is 2.44 bits per heavy atom. The van der Waals surface area contributed by atoms with E-state index in [-0.39, 0.29) is 11.1 Å². The number of rotatable bonds is 5. The molecule has 1 aliphatic rings. The molecular formula is C19H18N4O2. The van der Waals surface area contributed by atoms with Gasteiger partial charge in [-0.15, -0.1) is 0 Å². The molecule has 1 aliphatic carbocycles. The molecule has 0 spiro atoms. The van der Waals surface area contributed by atoms with Crippen molar-refractivity contribution in [2.24, 2.45) is 0 Å². The van der Waals surface area contributed by atoms with E-state index in [0.717, 1.165) is 24.0 Å². The molecule has 0 radical (unpaired) electrons. The van der Waals surface area contributed by atoms with Gasteiger partial charge in [-0.25, -0.2) is 14.6 Å². The first-order valence-corrected chi connectivity index (χ1v) is 8.34. The Bertz CT molecular complexity index is 932. The smallest absolute Gasteiger partial charge is 0.316 e. The van der Waals surface area contributed by atoms with Gasteiger partial charge in [0.1, 0.15) is 0 Å². The van der Waals surface area contributed by atoms with Crippen molar-refractivity contribution in [3.8, 4) is 17.3 Å². The quantitative estimate of drug-likeness (QED) is 0.717. The van der Waals surface area contributed by atoms with E-state index >= 15 is 0 Å². The molecule has 1 fully saturated rings. The predicted molar refractivity (Wildman–Crippen MR) is 93.4 cm³/mol. The van der Waals surface area contributed by atoms with E-state index in [4.69, 9.17) is 4.74 Å². The molecule has 6 heteroatoms. The highest BCUT2D eigenvalue weighted by atomic mass is 16.5. The number of aromatic nitrogens is 4. The molecule has 126 valence electrons. The molecule has 0 aliphatic heterocycles. The van der Waals surface area contributed by atoms with Crippen LogP contribution in [0.3, 0.4) is 0 Å². The number of benzene rings is 1. The molecule has 1 saturated carbocycles. The fraction of sp³-hybridized carbons (Fsp3) is 0.263. The van der Waals surface area contributed by atoms with Gasteiger partial charge < -0.3 is 4.74 Å². The third-order valence-corrected chi connectivity index (χ3v) is 4.44. The van der Waals surface area contributed by atoms with Gasteiger partial charge >= 0.3 is 6.01 Å². The molecule has 1 aromatic carbocycles. The zero-order valence-corrected chi connectivity index (χ0v) is 13.9. The van der Waals surface area contributed by atoms with Crippen molar-refractivity contribution >= 4 is 0 Å². The first-order valence-electron chi connectivity index (χ1n) is 8.34. The minimum atomic E-state index is -0.333. The molecule has 2 aromatic heterocycles. The third kappa shape index (κ3) is 2.80. The normalized spacial score (nSPS) is 14.9. The van der Waals surface area contributed by atoms with Crippen LogP contribution in [0.4, 0.5) is 0 Å². The van der Waals surface area contributed by atoms with E-state index in [0.29, 0.717) is 18.3 Å². The Hall–Kier alpha value is -3.02. The summed E-state index contributed by atoms with van der Waals surface area (Å²) in [6, 6.07) is 13.7. The Balaban J connectivity index is 1.74. The second kappa shape index (κ2) is 6.12. The van der Waals surface area contributed by atoms with E-state index in [1.165, 1.54) is 0 Å². The van der Waals surface area contributed by atoms with Crippen LogP contribution in [0.15, 0.2) is 59.7 Å². The van der Waals surface area contributed by atoms with Crippen molar-refractivity contribution in [2.45, 2.75) is 25.3 Å². The maximum atomic E-state index is 12.5. The average Bonchev–Trinajstić information content (AvgIpc) is 3.46. The van der Waals surface area contributed by atoms with Crippen LogP contribution in [0.2, 0.25) is 0 Å². The number of hydrogen-bond donors (Lipinski definition) is 0. The maximum Gasteiger partial charge on any atom is 0.316 e. The van der Waals surface area contributed by atoms with Crippen LogP contribution in [0.1, 0.15) is 25.3 Å². The van der Waals surface area contributed by atoms with Gasteiger partial charge in [-0.2, -0.15) is 5.10 Å². The number of ether oxygens (including phenoxy) is 1. The molecule has 0 N–H and O–H groups in total. The highest BCUT2D eigenvalue weighted by Crippen LogP contribution is 2.48. The lowest BCUT2D eigenvalue weighted by atomic mass is 10.1. The Kier molecular flexibility index (Phi) is 3.80. The lowest BCUT2D eigenvalue weighted by molar-refractivity contribution is 0.312. The summed E-state index contributed by atoms with van der Waals surface area (Å²) < 4.78 is 6.87. The molecule has 2 heterocycles. The van der Waals surface area contributed by atoms with E-state index in [2.05, 4.69) is 15.1 Å². The minimum Gasteiger partial charge on any atom is -0.464 e. The maximum absolute atomic E-state index is 12.5. The van der Waals surface area contributed by atoms with Gasteiger partial charge in [0, 0.05) is 24.0 Å². The van der Waals surface area contributed by atoms with Gasteiger partial charge in [-0.1, -0.05) is 30.3 Å². The Labute approximate surface area is 145 Å². The summed E-state index contributed by atoms with van der Waals surface area (Å²) in [5.41, 5.74) is 2.10. The van der Waals surface area contributed by atoms with Gasteiger partial charge in [0.05, 0.1) is 17.8 Å². The molecule has 0 atom stereocenters. The molecular weight excluding hydrogens is 316 g/mol. The van der Waals surface area contributed by atoms with Crippen molar-refractivity contribution < 1.29 is 4.74 Å². The van der Waals surface area contributed by atoms with Crippen LogP contribution in [-0.4, -0.2) is 26.4 Å². The summed E-state index contributed by atoms with van der Waals surface area (Å²) in [7, 11) is 0. The highest BCUT2D eigenvalue weighted by Gasteiger charge is 2.48. The summed E-state index contributed by atoms with van der Waals surface area (Å²) >= 11 is 0. The van der Waals surface area contributed by atoms with E-state index in [1.807, 2.05) is 37.3 Å². The van der Waals surface area contributed by atoms with Gasteiger partial charge in [0.25, 0.3) is 5.56 Å². The van der Waals surface area contributed by atoms with Crippen LogP contribution in [0, 0.1) is 0 Å². The fourth-order valence-corrected chi connectivity index (χ4v) is 3.01. The summed E-state index contributed by atoms with van der Waals surface area (Å²) in [5, 5.41) is 4.61. The zero-order chi connectivity index (χ0) is 17.3. The summed E-state index contributed by atoms with van der Waals surface area (Å²) in [4.78, 5) is 20.8. The first-order chi connectivity index (χ1) is 12.2. The molecule has 25 heavy (non-hydrogen) atoms. The summed E-state index contributed by atoms with van der Waals surface area (Å²) in [6.45, 7) is 2.40. The van der Waals surface area contributed by atoms with E-state index in [1.54, 1.807) is 29.2 Å². The van der Waals surface area contributed by atoms with Gasteiger partial charge in [0.2, 0.25) is 0 Å². The zero-order valence-electron chi connectivity index (χ0n) is 13.9. The third-order valence-electron chi connectivity index (χ3n) is 4.44. The molecule has 0 unspecified atom stereocenters. The van der Waals surface area contributed by atoms with Crippen molar-refractivity contribution in [3.63, 3.8) is 0 Å². The fourth-order valence-electron chi connectivity index (χ4n) is 3.01. The van der Waals surface area contributed by atoms with Crippen LogP contribution in [0.25, 0.3) is 11.3 Å². The average molecular weight is 334 g/mol. The van der Waals surface area contributed by atoms with Crippen molar-refractivity contribution in [3.05, 3.63) is 70.8 Å². The second-order valence-corrected chi connectivity index (χ2v) is 6.05.